The van der Waals surface area contributed by atoms with E-state index in [1.54, 1.807) is 24.5 Å². The number of aromatic nitrogens is 1. The monoisotopic (exact) mass is 194 g/mol. The molecule has 4 heteroatoms. The SMILES string of the molecule is CCCNC(C(=O)O)c1cccnc1. The molecule has 0 aliphatic heterocycles. The Bertz CT molecular complexity index is 287. The number of carbonyl (C=O) groups is 1. The van der Waals surface area contributed by atoms with Crippen LogP contribution >= 0.6 is 0 Å². The van der Waals surface area contributed by atoms with Crippen LogP contribution in [0.5, 0.6) is 0 Å². The molecule has 0 bridgehead atoms. The Kier molecular flexibility index (Phi) is 4.07. The van der Waals surface area contributed by atoms with Crippen molar-refractivity contribution in [2.45, 2.75) is 19.4 Å². The van der Waals surface area contributed by atoms with E-state index in [1.165, 1.54) is 0 Å². The van der Waals surface area contributed by atoms with Crippen LogP contribution in [0.15, 0.2) is 24.5 Å². The summed E-state index contributed by atoms with van der Waals surface area (Å²) >= 11 is 0. The molecule has 0 saturated carbocycles. The van der Waals surface area contributed by atoms with Crippen LogP contribution in [0.3, 0.4) is 0 Å². The Morgan fingerprint density at radius 2 is 2.50 bits per heavy atom. The first-order chi connectivity index (χ1) is 6.75. The van der Waals surface area contributed by atoms with Crippen LogP contribution in [0.25, 0.3) is 0 Å². The Labute approximate surface area is 83.0 Å². The molecule has 1 unspecified atom stereocenters. The van der Waals surface area contributed by atoms with Gasteiger partial charge in [0.05, 0.1) is 0 Å². The average Bonchev–Trinajstić information content (AvgIpc) is 2.19. The third-order valence-electron chi connectivity index (χ3n) is 1.86. The van der Waals surface area contributed by atoms with Gasteiger partial charge in [0, 0.05) is 12.4 Å². The molecule has 1 aromatic heterocycles. The van der Waals surface area contributed by atoms with Gasteiger partial charge in [0.1, 0.15) is 6.04 Å². The molecule has 14 heavy (non-hydrogen) atoms. The molecule has 1 aromatic rings. The summed E-state index contributed by atoms with van der Waals surface area (Å²) in [6.07, 6.45) is 4.10. The highest BCUT2D eigenvalue weighted by molar-refractivity contribution is 5.75. The predicted octanol–water partition coefficient (Wildman–Crippen LogP) is 1.21. The average molecular weight is 194 g/mol. The summed E-state index contributed by atoms with van der Waals surface area (Å²) in [4.78, 5) is 14.8. The van der Waals surface area contributed by atoms with E-state index in [4.69, 9.17) is 5.11 Å². The molecule has 0 aromatic carbocycles. The molecule has 0 amide bonds. The normalized spacial score (nSPS) is 12.4. The van der Waals surface area contributed by atoms with Gasteiger partial charge in [-0.25, -0.2) is 0 Å². The van der Waals surface area contributed by atoms with Gasteiger partial charge in [0.2, 0.25) is 0 Å². The van der Waals surface area contributed by atoms with E-state index in [9.17, 15) is 4.79 Å². The highest BCUT2D eigenvalue weighted by atomic mass is 16.4. The number of hydrogen-bond donors (Lipinski definition) is 2. The van der Waals surface area contributed by atoms with Crippen LogP contribution in [-0.4, -0.2) is 22.6 Å². The highest BCUT2D eigenvalue weighted by Gasteiger charge is 2.18. The Morgan fingerprint density at radius 1 is 1.71 bits per heavy atom. The van der Waals surface area contributed by atoms with Gasteiger partial charge in [0.15, 0.2) is 0 Å². The third kappa shape index (κ3) is 2.81. The summed E-state index contributed by atoms with van der Waals surface area (Å²) in [5, 5.41) is 11.9. The number of nitrogens with zero attached hydrogens (tertiary/aromatic N) is 1. The summed E-state index contributed by atoms with van der Waals surface area (Å²) in [7, 11) is 0. The fraction of sp³-hybridized carbons (Fsp3) is 0.400. The van der Waals surface area contributed by atoms with E-state index in [0.29, 0.717) is 12.1 Å². The van der Waals surface area contributed by atoms with Crippen LogP contribution in [0, 0.1) is 0 Å². The smallest absolute Gasteiger partial charge is 0.325 e. The van der Waals surface area contributed by atoms with Gasteiger partial charge in [-0.3, -0.25) is 9.78 Å². The maximum atomic E-state index is 10.9. The van der Waals surface area contributed by atoms with Crippen molar-refractivity contribution in [2.75, 3.05) is 6.54 Å². The van der Waals surface area contributed by atoms with Crippen LogP contribution in [0.2, 0.25) is 0 Å². The highest BCUT2D eigenvalue weighted by Crippen LogP contribution is 2.10. The predicted molar refractivity (Wildman–Crippen MR) is 52.9 cm³/mol. The number of nitrogens with one attached hydrogen (secondary N) is 1. The molecule has 1 atom stereocenters. The minimum Gasteiger partial charge on any atom is -0.480 e. The molecule has 2 N–H and O–H groups in total. The van der Waals surface area contributed by atoms with Gasteiger partial charge in [-0.05, 0) is 24.6 Å². The van der Waals surface area contributed by atoms with Crippen molar-refractivity contribution in [2.24, 2.45) is 0 Å². The zero-order chi connectivity index (χ0) is 10.4. The summed E-state index contributed by atoms with van der Waals surface area (Å²) in [6, 6.07) is 2.84. The van der Waals surface area contributed by atoms with Crippen molar-refractivity contribution < 1.29 is 9.90 Å². The van der Waals surface area contributed by atoms with E-state index in [2.05, 4.69) is 10.3 Å². The second-order valence-corrected chi connectivity index (χ2v) is 3.01. The zero-order valence-corrected chi connectivity index (χ0v) is 8.10. The third-order valence-corrected chi connectivity index (χ3v) is 1.86. The second-order valence-electron chi connectivity index (χ2n) is 3.01. The van der Waals surface area contributed by atoms with Crippen LogP contribution in [0.4, 0.5) is 0 Å². The van der Waals surface area contributed by atoms with Crippen LogP contribution < -0.4 is 5.32 Å². The number of aliphatic carboxylic acids is 1. The Morgan fingerprint density at radius 3 is 3.00 bits per heavy atom. The van der Waals surface area contributed by atoms with Crippen LogP contribution in [-0.2, 0) is 4.79 Å². The molecular formula is C10H14N2O2. The largest absolute Gasteiger partial charge is 0.480 e. The molecule has 0 fully saturated rings. The van der Waals surface area contributed by atoms with Gasteiger partial charge in [-0.15, -0.1) is 0 Å². The number of pyridine rings is 1. The topological polar surface area (TPSA) is 62.2 Å². The fourth-order valence-electron chi connectivity index (χ4n) is 1.18. The number of hydrogen-bond acceptors (Lipinski definition) is 3. The summed E-state index contributed by atoms with van der Waals surface area (Å²) in [5.74, 6) is -0.869. The summed E-state index contributed by atoms with van der Waals surface area (Å²) in [6.45, 7) is 2.68. The van der Waals surface area contributed by atoms with Gasteiger partial charge >= 0.3 is 5.97 Å². The molecule has 0 aliphatic rings. The first kappa shape index (κ1) is 10.7. The van der Waals surface area contributed by atoms with Crippen molar-refractivity contribution in [1.29, 1.82) is 0 Å². The van der Waals surface area contributed by atoms with Crippen molar-refractivity contribution in [3.8, 4) is 0 Å². The summed E-state index contributed by atoms with van der Waals surface area (Å²) < 4.78 is 0. The Hall–Kier alpha value is -1.42. The van der Waals surface area contributed by atoms with Gasteiger partial charge in [0.25, 0.3) is 0 Å². The molecule has 1 heterocycles. The first-order valence-electron chi connectivity index (χ1n) is 4.61. The van der Waals surface area contributed by atoms with Crippen LogP contribution in [0.1, 0.15) is 24.9 Å². The van der Waals surface area contributed by atoms with E-state index in [1.807, 2.05) is 6.92 Å². The van der Waals surface area contributed by atoms with Gasteiger partial charge in [-0.2, -0.15) is 0 Å². The lowest BCUT2D eigenvalue weighted by Crippen LogP contribution is -2.29. The molecule has 1 rings (SSSR count). The lowest BCUT2D eigenvalue weighted by molar-refractivity contribution is -0.139. The molecular weight excluding hydrogens is 180 g/mol. The standard InChI is InChI=1S/C10H14N2O2/c1-2-5-12-9(10(13)14)8-4-3-6-11-7-8/h3-4,6-7,9,12H,2,5H2,1H3,(H,13,14). The molecule has 76 valence electrons. The second kappa shape index (κ2) is 5.34. The molecule has 4 nitrogen and oxygen atoms in total. The number of carboxylic acids is 1. The first-order valence-corrected chi connectivity index (χ1v) is 4.61. The van der Waals surface area contributed by atoms with E-state index in [-0.39, 0.29) is 0 Å². The molecule has 0 radical (unpaired) electrons. The van der Waals surface area contributed by atoms with E-state index >= 15 is 0 Å². The molecule has 0 saturated heterocycles. The van der Waals surface area contributed by atoms with Crippen molar-refractivity contribution in [3.63, 3.8) is 0 Å². The minimum absolute atomic E-state index is 0.649. The van der Waals surface area contributed by atoms with E-state index < -0.39 is 12.0 Å². The maximum Gasteiger partial charge on any atom is 0.325 e. The maximum absolute atomic E-state index is 10.9. The van der Waals surface area contributed by atoms with E-state index in [0.717, 1.165) is 6.42 Å². The Balaban J connectivity index is 2.73. The lowest BCUT2D eigenvalue weighted by atomic mass is 10.1. The number of rotatable bonds is 5. The minimum atomic E-state index is -0.869. The molecule has 0 aliphatic carbocycles. The zero-order valence-electron chi connectivity index (χ0n) is 8.10. The van der Waals surface area contributed by atoms with Gasteiger partial charge in [-0.1, -0.05) is 13.0 Å². The van der Waals surface area contributed by atoms with Crippen molar-refractivity contribution in [1.82, 2.24) is 10.3 Å². The summed E-state index contributed by atoms with van der Waals surface area (Å²) in [5.41, 5.74) is 0.688. The number of carboxylic acid groups (broad SMARTS) is 1. The lowest BCUT2D eigenvalue weighted by Gasteiger charge is -2.13. The quantitative estimate of drug-likeness (QED) is 0.739. The fourth-order valence-corrected chi connectivity index (χ4v) is 1.18. The van der Waals surface area contributed by atoms with Crippen molar-refractivity contribution in [3.05, 3.63) is 30.1 Å². The molecule has 0 spiro atoms. The van der Waals surface area contributed by atoms with Crippen molar-refractivity contribution >= 4 is 5.97 Å². The van der Waals surface area contributed by atoms with Gasteiger partial charge < -0.3 is 10.4 Å².